The molecule has 1 saturated carbocycles. The third-order valence-corrected chi connectivity index (χ3v) is 4.86. The smallest absolute Gasteiger partial charge is 0.263 e. The normalized spacial score (nSPS) is 19.0. The molecule has 8 heteroatoms. The van der Waals surface area contributed by atoms with Gasteiger partial charge in [-0.3, -0.25) is 9.59 Å². The molecule has 1 aromatic heterocycles. The van der Waals surface area contributed by atoms with Crippen molar-refractivity contribution in [3.63, 3.8) is 0 Å². The van der Waals surface area contributed by atoms with Gasteiger partial charge in [0.2, 0.25) is 6.79 Å². The number of amides is 1. The molecule has 0 bridgehead atoms. The first-order valence-corrected chi connectivity index (χ1v) is 8.60. The number of aryl methyl sites for hydroxylation is 1. The summed E-state index contributed by atoms with van der Waals surface area (Å²) >= 11 is 0. The molecule has 1 aromatic carbocycles. The van der Waals surface area contributed by atoms with Crippen LogP contribution in [0.5, 0.6) is 11.5 Å². The van der Waals surface area contributed by atoms with Crippen LogP contribution in [0.2, 0.25) is 0 Å². The van der Waals surface area contributed by atoms with Crippen molar-refractivity contribution in [1.82, 2.24) is 9.88 Å². The Morgan fingerprint density at radius 1 is 1.30 bits per heavy atom. The van der Waals surface area contributed by atoms with Gasteiger partial charge in [0.1, 0.15) is 5.56 Å². The number of fused-ring (bicyclic) bond motifs is 1. The minimum atomic E-state index is -2.71. The number of hydrogen-bond acceptors (Lipinski definition) is 4. The number of aromatic nitrogens is 1. The largest absolute Gasteiger partial charge is 0.454 e. The number of carbonyl (C=O) groups is 1. The predicted octanol–water partition coefficient (Wildman–Crippen LogP) is 2.32. The minimum absolute atomic E-state index is 0.0257. The van der Waals surface area contributed by atoms with Crippen molar-refractivity contribution in [1.29, 1.82) is 0 Å². The first kappa shape index (κ1) is 17.5. The van der Waals surface area contributed by atoms with Gasteiger partial charge in [0, 0.05) is 25.1 Å². The quantitative estimate of drug-likeness (QED) is 0.870. The van der Waals surface area contributed by atoms with Crippen molar-refractivity contribution in [3.8, 4) is 11.5 Å². The van der Waals surface area contributed by atoms with E-state index in [1.165, 1.54) is 4.57 Å². The molecule has 1 unspecified atom stereocenters. The Morgan fingerprint density at radius 2 is 2.04 bits per heavy atom. The summed E-state index contributed by atoms with van der Waals surface area (Å²) in [4.78, 5) is 25.1. The van der Waals surface area contributed by atoms with E-state index in [-0.39, 0.29) is 31.9 Å². The van der Waals surface area contributed by atoms with Crippen LogP contribution in [0, 0.1) is 12.8 Å². The van der Waals surface area contributed by atoms with Gasteiger partial charge in [-0.25, -0.2) is 8.78 Å². The number of ether oxygens (including phenoxy) is 2. The fourth-order valence-electron chi connectivity index (χ4n) is 3.10. The Hall–Kier alpha value is -2.90. The molecule has 27 heavy (non-hydrogen) atoms. The highest BCUT2D eigenvalue weighted by molar-refractivity contribution is 5.95. The van der Waals surface area contributed by atoms with Gasteiger partial charge >= 0.3 is 0 Å². The van der Waals surface area contributed by atoms with Crippen LogP contribution >= 0.6 is 0 Å². The van der Waals surface area contributed by atoms with Crippen LogP contribution in [0.15, 0.2) is 35.3 Å². The second-order valence-corrected chi connectivity index (χ2v) is 6.87. The summed E-state index contributed by atoms with van der Waals surface area (Å²) in [6.45, 7) is 1.92. The van der Waals surface area contributed by atoms with Crippen LogP contribution in [0.25, 0.3) is 0 Å². The summed E-state index contributed by atoms with van der Waals surface area (Å²) in [6, 6.07) is 7.02. The zero-order chi connectivity index (χ0) is 19.2. The van der Waals surface area contributed by atoms with Crippen molar-refractivity contribution in [3.05, 3.63) is 57.5 Å². The molecule has 1 atom stereocenters. The van der Waals surface area contributed by atoms with E-state index >= 15 is 0 Å². The Bertz CT molecular complexity index is 971. The maximum Gasteiger partial charge on any atom is 0.263 e. The third kappa shape index (κ3) is 3.39. The topological polar surface area (TPSA) is 69.6 Å². The van der Waals surface area contributed by atoms with E-state index in [1.807, 2.05) is 6.07 Å². The average Bonchev–Trinajstić information content (AvgIpc) is 3.02. The summed E-state index contributed by atoms with van der Waals surface area (Å²) in [7, 11) is 0. The van der Waals surface area contributed by atoms with Crippen LogP contribution in [0.1, 0.15) is 27.9 Å². The van der Waals surface area contributed by atoms with Gasteiger partial charge in [-0.15, -0.1) is 0 Å². The molecule has 1 amide bonds. The molecule has 0 radical (unpaired) electrons. The molecule has 2 heterocycles. The first-order valence-electron chi connectivity index (χ1n) is 8.60. The number of alkyl halides is 2. The molecule has 4 rings (SSSR count). The lowest BCUT2D eigenvalue weighted by Gasteiger charge is -2.11. The van der Waals surface area contributed by atoms with E-state index < -0.39 is 23.3 Å². The molecule has 1 N–H and O–H groups in total. The van der Waals surface area contributed by atoms with Crippen LogP contribution in [0.3, 0.4) is 0 Å². The van der Waals surface area contributed by atoms with E-state index in [1.54, 1.807) is 31.3 Å². The standard InChI is InChI=1S/C19H18F2N2O4/c1-11-4-5-23(9-12-2-3-14-15(6-12)27-10-26-14)18(25)16(11)17(24)22-8-13-7-19(13,20)21/h2-6,13H,7-10H2,1H3,(H,22,24). The maximum absolute atomic E-state index is 13.0. The first-order chi connectivity index (χ1) is 12.8. The van der Waals surface area contributed by atoms with Crippen molar-refractivity contribution < 1.29 is 23.0 Å². The summed E-state index contributed by atoms with van der Waals surface area (Å²) in [5, 5.41) is 2.45. The highest BCUT2D eigenvalue weighted by atomic mass is 19.3. The summed E-state index contributed by atoms with van der Waals surface area (Å²) < 4.78 is 37.9. The third-order valence-electron chi connectivity index (χ3n) is 4.86. The lowest BCUT2D eigenvalue weighted by Crippen LogP contribution is -2.35. The number of hydrogen-bond donors (Lipinski definition) is 1. The molecule has 1 fully saturated rings. The van der Waals surface area contributed by atoms with E-state index in [0.29, 0.717) is 17.1 Å². The Kier molecular flexibility index (Phi) is 4.13. The van der Waals surface area contributed by atoms with Crippen LogP contribution in [-0.2, 0) is 6.54 Å². The van der Waals surface area contributed by atoms with Gasteiger partial charge in [-0.2, -0.15) is 0 Å². The summed E-state index contributed by atoms with van der Waals surface area (Å²) in [5.41, 5.74) is 0.825. The zero-order valence-electron chi connectivity index (χ0n) is 14.6. The number of nitrogens with zero attached hydrogens (tertiary/aromatic N) is 1. The molecular weight excluding hydrogens is 358 g/mol. The number of benzene rings is 1. The molecule has 2 aromatic rings. The Morgan fingerprint density at radius 3 is 2.78 bits per heavy atom. The summed E-state index contributed by atoms with van der Waals surface area (Å²) in [5.74, 6) is -2.93. The van der Waals surface area contributed by atoms with Gasteiger partial charge < -0.3 is 19.4 Å². The van der Waals surface area contributed by atoms with Gasteiger partial charge in [0.05, 0.1) is 6.54 Å². The molecular formula is C19H18F2N2O4. The second kappa shape index (κ2) is 6.37. The summed E-state index contributed by atoms with van der Waals surface area (Å²) in [6.07, 6.45) is 1.38. The van der Waals surface area contributed by atoms with Crippen molar-refractivity contribution in [2.45, 2.75) is 25.8 Å². The minimum Gasteiger partial charge on any atom is -0.454 e. The van der Waals surface area contributed by atoms with Crippen molar-refractivity contribution in [2.75, 3.05) is 13.3 Å². The highest BCUT2D eigenvalue weighted by Gasteiger charge is 2.56. The van der Waals surface area contributed by atoms with Crippen molar-refractivity contribution >= 4 is 5.91 Å². The second-order valence-electron chi connectivity index (χ2n) is 6.87. The fourth-order valence-corrected chi connectivity index (χ4v) is 3.10. The number of rotatable bonds is 5. The fraction of sp³-hybridized carbons (Fsp3) is 0.368. The molecule has 1 aliphatic heterocycles. The van der Waals surface area contributed by atoms with Crippen LogP contribution in [-0.4, -0.2) is 29.7 Å². The maximum atomic E-state index is 13.0. The number of pyridine rings is 1. The molecule has 0 spiro atoms. The number of halogens is 2. The van der Waals surface area contributed by atoms with Crippen LogP contribution in [0.4, 0.5) is 8.78 Å². The van der Waals surface area contributed by atoms with E-state index in [4.69, 9.17) is 9.47 Å². The molecule has 6 nitrogen and oxygen atoms in total. The Labute approximate surface area is 153 Å². The molecule has 142 valence electrons. The number of nitrogens with one attached hydrogen (secondary N) is 1. The van der Waals surface area contributed by atoms with Gasteiger partial charge in [0.15, 0.2) is 11.5 Å². The van der Waals surface area contributed by atoms with Gasteiger partial charge in [-0.1, -0.05) is 6.07 Å². The van der Waals surface area contributed by atoms with Gasteiger partial charge in [-0.05, 0) is 36.2 Å². The monoisotopic (exact) mass is 376 g/mol. The molecule has 1 aliphatic carbocycles. The average molecular weight is 376 g/mol. The van der Waals surface area contributed by atoms with Crippen molar-refractivity contribution in [2.24, 2.45) is 5.92 Å². The Balaban J connectivity index is 1.53. The number of carbonyl (C=O) groups excluding carboxylic acids is 1. The highest BCUT2D eigenvalue weighted by Crippen LogP contribution is 2.47. The molecule has 0 saturated heterocycles. The SMILES string of the molecule is Cc1ccn(Cc2ccc3c(c2)OCO3)c(=O)c1C(=O)NCC1CC1(F)F. The lowest BCUT2D eigenvalue weighted by atomic mass is 10.1. The van der Waals surface area contributed by atoms with E-state index in [9.17, 15) is 18.4 Å². The van der Waals surface area contributed by atoms with E-state index in [2.05, 4.69) is 5.32 Å². The van der Waals surface area contributed by atoms with Crippen LogP contribution < -0.4 is 20.3 Å². The van der Waals surface area contributed by atoms with Gasteiger partial charge in [0.25, 0.3) is 17.4 Å². The molecule has 2 aliphatic rings. The lowest BCUT2D eigenvalue weighted by molar-refractivity contribution is 0.0893. The zero-order valence-corrected chi connectivity index (χ0v) is 14.6. The predicted molar refractivity (Wildman–Crippen MR) is 92.5 cm³/mol. The van der Waals surface area contributed by atoms with E-state index in [0.717, 1.165) is 5.56 Å².